The van der Waals surface area contributed by atoms with Crippen molar-refractivity contribution < 1.29 is 9.84 Å². The molecule has 1 aromatic carbocycles. The van der Waals surface area contributed by atoms with Gasteiger partial charge in [0.15, 0.2) is 0 Å². The largest absolute Gasteiger partial charge is 0.394 e. The van der Waals surface area contributed by atoms with E-state index in [2.05, 4.69) is 0 Å². The predicted octanol–water partition coefficient (Wildman–Crippen LogP) is 1.70. The number of aliphatic hydroxyl groups is 1. The van der Waals surface area contributed by atoms with Crippen LogP contribution >= 0.6 is 0 Å². The molecule has 1 aromatic rings. The second kappa shape index (κ2) is 10.1. The van der Waals surface area contributed by atoms with Gasteiger partial charge in [-0.05, 0) is 6.92 Å². The van der Waals surface area contributed by atoms with Gasteiger partial charge in [-0.2, -0.15) is 0 Å². The molecule has 0 saturated heterocycles. The molecular formula is C10H16O2. The highest BCUT2D eigenvalue weighted by Crippen LogP contribution is 1.79. The highest BCUT2D eigenvalue weighted by Gasteiger charge is 1.73. The summed E-state index contributed by atoms with van der Waals surface area (Å²) in [5.41, 5.74) is 0. The van der Waals surface area contributed by atoms with Crippen LogP contribution in [0.3, 0.4) is 0 Å². The Morgan fingerprint density at radius 2 is 1.42 bits per heavy atom. The average Bonchev–Trinajstić information content (AvgIpc) is 2.18. The van der Waals surface area contributed by atoms with Crippen LogP contribution in [0.2, 0.25) is 0 Å². The fourth-order valence-electron chi connectivity index (χ4n) is 0.594. The molecule has 0 unspecified atom stereocenters. The van der Waals surface area contributed by atoms with E-state index in [9.17, 15) is 0 Å². The van der Waals surface area contributed by atoms with Crippen LogP contribution in [0.5, 0.6) is 0 Å². The maximum Gasteiger partial charge on any atom is 0.0697 e. The minimum Gasteiger partial charge on any atom is -0.394 e. The topological polar surface area (TPSA) is 29.5 Å². The number of rotatable bonds is 3. The zero-order valence-electron chi connectivity index (χ0n) is 7.44. The van der Waals surface area contributed by atoms with Gasteiger partial charge in [0.25, 0.3) is 0 Å². The maximum atomic E-state index is 8.07. The van der Waals surface area contributed by atoms with Crippen molar-refractivity contribution in [2.24, 2.45) is 0 Å². The summed E-state index contributed by atoms with van der Waals surface area (Å²) in [5, 5.41) is 8.07. The lowest BCUT2D eigenvalue weighted by molar-refractivity contribution is 0.102. The van der Waals surface area contributed by atoms with Crippen molar-refractivity contribution in [1.82, 2.24) is 0 Å². The third-order valence-electron chi connectivity index (χ3n) is 1.11. The van der Waals surface area contributed by atoms with Gasteiger partial charge in [-0.25, -0.2) is 0 Å². The van der Waals surface area contributed by atoms with Gasteiger partial charge in [-0.3, -0.25) is 0 Å². The van der Waals surface area contributed by atoms with E-state index in [1.807, 2.05) is 43.3 Å². The molecule has 0 heterocycles. The minimum absolute atomic E-state index is 0.133. The first-order chi connectivity index (χ1) is 5.91. The summed E-state index contributed by atoms with van der Waals surface area (Å²) in [6, 6.07) is 12.0. The SMILES string of the molecule is CCOCCO.c1ccccc1. The molecule has 0 saturated carbocycles. The van der Waals surface area contributed by atoms with Gasteiger partial charge >= 0.3 is 0 Å². The number of hydrogen-bond acceptors (Lipinski definition) is 2. The fourth-order valence-corrected chi connectivity index (χ4v) is 0.594. The van der Waals surface area contributed by atoms with E-state index in [-0.39, 0.29) is 6.61 Å². The first kappa shape index (κ1) is 11.1. The lowest BCUT2D eigenvalue weighted by Crippen LogP contribution is -1.96. The zero-order valence-corrected chi connectivity index (χ0v) is 7.44. The van der Waals surface area contributed by atoms with Crippen LogP contribution in [0, 0.1) is 0 Å². The van der Waals surface area contributed by atoms with Crippen LogP contribution in [-0.2, 0) is 4.74 Å². The molecule has 0 amide bonds. The van der Waals surface area contributed by atoms with Gasteiger partial charge in [-0.15, -0.1) is 0 Å². The number of ether oxygens (including phenoxy) is 1. The maximum absolute atomic E-state index is 8.07. The second-order valence-electron chi connectivity index (χ2n) is 2.08. The number of aliphatic hydroxyl groups excluding tert-OH is 1. The van der Waals surface area contributed by atoms with Gasteiger partial charge in [0.2, 0.25) is 0 Å². The molecule has 0 fully saturated rings. The van der Waals surface area contributed by atoms with E-state index in [1.165, 1.54) is 0 Å². The Balaban J connectivity index is 0.000000202. The molecule has 2 heteroatoms. The first-order valence-electron chi connectivity index (χ1n) is 4.10. The molecule has 0 aliphatic rings. The van der Waals surface area contributed by atoms with Crippen LogP contribution in [0.15, 0.2) is 36.4 Å². The molecule has 0 aliphatic heterocycles. The van der Waals surface area contributed by atoms with Crippen molar-refractivity contribution in [1.29, 1.82) is 0 Å². The summed E-state index contributed by atoms with van der Waals surface area (Å²) >= 11 is 0. The highest BCUT2D eigenvalue weighted by atomic mass is 16.5. The Bertz CT molecular complexity index is 120. The van der Waals surface area contributed by atoms with E-state index < -0.39 is 0 Å². The Morgan fingerprint density at radius 3 is 1.58 bits per heavy atom. The van der Waals surface area contributed by atoms with Crippen molar-refractivity contribution >= 4 is 0 Å². The smallest absolute Gasteiger partial charge is 0.0697 e. The normalized spacial score (nSPS) is 8.50. The van der Waals surface area contributed by atoms with Gasteiger partial charge in [0, 0.05) is 6.61 Å². The second-order valence-corrected chi connectivity index (χ2v) is 2.08. The van der Waals surface area contributed by atoms with Gasteiger partial charge in [-0.1, -0.05) is 36.4 Å². The Morgan fingerprint density at radius 1 is 1.00 bits per heavy atom. The van der Waals surface area contributed by atoms with Crippen molar-refractivity contribution in [2.45, 2.75) is 6.92 Å². The standard InChI is InChI=1S/C6H6.C4H10O2/c1-2-4-6-5-3-1;1-2-6-4-3-5/h1-6H;5H,2-4H2,1H3. The predicted molar refractivity (Wildman–Crippen MR) is 50.0 cm³/mol. The van der Waals surface area contributed by atoms with Crippen LogP contribution in [0.4, 0.5) is 0 Å². The number of benzene rings is 1. The molecule has 0 aromatic heterocycles. The summed E-state index contributed by atoms with van der Waals surface area (Å²) in [6.45, 7) is 3.20. The van der Waals surface area contributed by atoms with E-state index in [4.69, 9.17) is 9.84 Å². The molecule has 0 bridgehead atoms. The Labute approximate surface area is 73.8 Å². The molecular weight excluding hydrogens is 152 g/mol. The van der Waals surface area contributed by atoms with Crippen molar-refractivity contribution in [3.8, 4) is 0 Å². The quantitative estimate of drug-likeness (QED) is 0.696. The fraction of sp³-hybridized carbons (Fsp3) is 0.400. The van der Waals surface area contributed by atoms with E-state index in [1.54, 1.807) is 0 Å². The molecule has 0 radical (unpaired) electrons. The van der Waals surface area contributed by atoms with Gasteiger partial charge in [0.05, 0.1) is 13.2 Å². The van der Waals surface area contributed by atoms with Crippen LogP contribution < -0.4 is 0 Å². The summed E-state index contributed by atoms with van der Waals surface area (Å²) in [6.07, 6.45) is 0. The summed E-state index contributed by atoms with van der Waals surface area (Å²) < 4.78 is 4.73. The lowest BCUT2D eigenvalue weighted by atomic mass is 10.4. The summed E-state index contributed by atoms with van der Waals surface area (Å²) in [4.78, 5) is 0. The van der Waals surface area contributed by atoms with Gasteiger partial charge in [0.1, 0.15) is 0 Å². The lowest BCUT2D eigenvalue weighted by Gasteiger charge is -1.91. The number of hydrogen-bond donors (Lipinski definition) is 1. The van der Waals surface area contributed by atoms with Crippen LogP contribution in [0.25, 0.3) is 0 Å². The first-order valence-corrected chi connectivity index (χ1v) is 4.10. The van der Waals surface area contributed by atoms with E-state index in [0.29, 0.717) is 13.2 Å². The van der Waals surface area contributed by atoms with E-state index in [0.717, 1.165) is 0 Å². The molecule has 0 atom stereocenters. The third kappa shape index (κ3) is 9.14. The molecule has 1 N–H and O–H groups in total. The molecule has 0 aliphatic carbocycles. The van der Waals surface area contributed by atoms with Gasteiger partial charge < -0.3 is 9.84 Å². The third-order valence-corrected chi connectivity index (χ3v) is 1.11. The molecule has 0 spiro atoms. The minimum atomic E-state index is 0.133. The Hall–Kier alpha value is -0.860. The van der Waals surface area contributed by atoms with Crippen molar-refractivity contribution in [3.05, 3.63) is 36.4 Å². The van der Waals surface area contributed by atoms with Crippen LogP contribution in [0.1, 0.15) is 6.92 Å². The Kier molecular flexibility index (Phi) is 9.41. The summed E-state index contributed by atoms with van der Waals surface area (Å²) in [7, 11) is 0. The van der Waals surface area contributed by atoms with E-state index >= 15 is 0 Å². The average molecular weight is 168 g/mol. The van der Waals surface area contributed by atoms with Crippen molar-refractivity contribution in [2.75, 3.05) is 19.8 Å². The van der Waals surface area contributed by atoms with Crippen LogP contribution in [-0.4, -0.2) is 24.9 Å². The van der Waals surface area contributed by atoms with Crippen molar-refractivity contribution in [3.63, 3.8) is 0 Å². The molecule has 1 rings (SSSR count). The molecule has 12 heavy (non-hydrogen) atoms. The highest BCUT2D eigenvalue weighted by molar-refractivity contribution is 4.99. The monoisotopic (exact) mass is 168 g/mol. The zero-order chi connectivity index (χ0) is 9.07. The molecule has 68 valence electrons. The molecule has 2 nitrogen and oxygen atoms in total. The summed E-state index contributed by atoms with van der Waals surface area (Å²) in [5.74, 6) is 0.